The van der Waals surface area contributed by atoms with Gasteiger partial charge in [-0.15, -0.1) is 0 Å². The number of hydrogen-bond donors (Lipinski definition) is 3. The van der Waals surface area contributed by atoms with E-state index in [1.807, 2.05) is 0 Å². The maximum atomic E-state index is 13.4. The number of benzene rings is 1. The molecule has 1 aromatic rings. The molecule has 0 spiro atoms. The molecule has 4 N–H and O–H groups in total. The van der Waals surface area contributed by atoms with Crippen molar-refractivity contribution >= 4 is 5.91 Å². The van der Waals surface area contributed by atoms with Gasteiger partial charge in [0.15, 0.2) is 0 Å². The van der Waals surface area contributed by atoms with E-state index in [0.717, 1.165) is 0 Å². The van der Waals surface area contributed by atoms with Crippen LogP contribution < -0.4 is 11.1 Å². The molecule has 1 amide bonds. The highest BCUT2D eigenvalue weighted by Gasteiger charge is 2.12. The van der Waals surface area contributed by atoms with Crippen molar-refractivity contribution in [1.82, 2.24) is 5.32 Å². The molecule has 0 aromatic heterocycles. The Balaban J connectivity index is 2.70. The Hall–Kier alpha value is -1.46. The molecule has 5 heteroatoms. The van der Waals surface area contributed by atoms with E-state index in [9.17, 15) is 14.3 Å². The highest BCUT2D eigenvalue weighted by Crippen LogP contribution is 2.10. The van der Waals surface area contributed by atoms with Gasteiger partial charge in [0.2, 0.25) is 5.91 Å². The van der Waals surface area contributed by atoms with Gasteiger partial charge in [-0.05, 0) is 32.0 Å². The van der Waals surface area contributed by atoms with Crippen LogP contribution in [0, 0.1) is 5.82 Å². The van der Waals surface area contributed by atoms with Gasteiger partial charge >= 0.3 is 0 Å². The zero-order valence-corrected chi connectivity index (χ0v) is 9.96. The van der Waals surface area contributed by atoms with E-state index < -0.39 is 17.3 Å². The van der Waals surface area contributed by atoms with Crippen LogP contribution in [0.3, 0.4) is 0 Å². The highest BCUT2D eigenvalue weighted by atomic mass is 19.1. The molecule has 0 atom stereocenters. The minimum Gasteiger partial charge on any atom is -0.389 e. The topological polar surface area (TPSA) is 75.3 Å². The average molecular weight is 240 g/mol. The van der Waals surface area contributed by atoms with Crippen molar-refractivity contribution in [1.29, 1.82) is 0 Å². The molecule has 0 aliphatic heterocycles. The predicted molar refractivity (Wildman–Crippen MR) is 62.9 cm³/mol. The first-order chi connectivity index (χ1) is 7.79. The summed E-state index contributed by atoms with van der Waals surface area (Å²) < 4.78 is 13.4. The van der Waals surface area contributed by atoms with Crippen LogP contribution in [0.5, 0.6) is 0 Å². The van der Waals surface area contributed by atoms with Crippen LogP contribution in [0.25, 0.3) is 0 Å². The van der Waals surface area contributed by atoms with Crippen molar-refractivity contribution < 1.29 is 14.3 Å². The van der Waals surface area contributed by atoms with E-state index in [4.69, 9.17) is 5.73 Å². The summed E-state index contributed by atoms with van der Waals surface area (Å²) in [7, 11) is 0. The van der Waals surface area contributed by atoms with Crippen molar-refractivity contribution in [3.05, 3.63) is 35.1 Å². The van der Waals surface area contributed by atoms with E-state index in [2.05, 4.69) is 5.32 Å². The standard InChI is InChI=1S/C12H17FN2O2/c1-12(2,17)7-15-6-9-5-8(11(14)16)3-4-10(9)13/h3-5,15,17H,6-7H2,1-2H3,(H2,14,16). The molecule has 0 bridgehead atoms. The van der Waals surface area contributed by atoms with E-state index in [0.29, 0.717) is 12.1 Å². The van der Waals surface area contributed by atoms with Crippen LogP contribution in [-0.4, -0.2) is 23.2 Å². The molecule has 17 heavy (non-hydrogen) atoms. The van der Waals surface area contributed by atoms with Gasteiger partial charge in [-0.2, -0.15) is 0 Å². The summed E-state index contributed by atoms with van der Waals surface area (Å²) in [4.78, 5) is 10.9. The lowest BCUT2D eigenvalue weighted by Gasteiger charge is -2.17. The molecule has 0 saturated heterocycles. The zero-order valence-electron chi connectivity index (χ0n) is 9.96. The summed E-state index contributed by atoms with van der Waals surface area (Å²) in [5.74, 6) is -0.994. The third-order valence-corrected chi connectivity index (χ3v) is 2.20. The molecule has 1 rings (SSSR count). The second-order valence-corrected chi connectivity index (χ2v) is 4.59. The SMILES string of the molecule is CC(C)(O)CNCc1cc(C(N)=O)ccc1F. The van der Waals surface area contributed by atoms with Crippen LogP contribution >= 0.6 is 0 Å². The third-order valence-electron chi connectivity index (χ3n) is 2.20. The summed E-state index contributed by atoms with van der Waals surface area (Å²) >= 11 is 0. The number of rotatable bonds is 5. The summed E-state index contributed by atoms with van der Waals surface area (Å²) in [5, 5.41) is 12.4. The lowest BCUT2D eigenvalue weighted by atomic mass is 10.1. The first-order valence-corrected chi connectivity index (χ1v) is 5.31. The number of aliphatic hydroxyl groups is 1. The number of carbonyl (C=O) groups is 1. The number of nitrogens with one attached hydrogen (secondary N) is 1. The van der Waals surface area contributed by atoms with E-state index >= 15 is 0 Å². The second kappa shape index (κ2) is 5.25. The van der Waals surface area contributed by atoms with E-state index in [1.54, 1.807) is 13.8 Å². The molecule has 0 saturated carbocycles. The molecule has 1 aromatic carbocycles. The number of halogens is 1. The van der Waals surface area contributed by atoms with Crippen molar-refractivity contribution in [3.63, 3.8) is 0 Å². The fourth-order valence-electron chi connectivity index (χ4n) is 1.37. The molecule has 0 radical (unpaired) electrons. The molecule has 0 fully saturated rings. The van der Waals surface area contributed by atoms with Gasteiger partial charge in [0, 0.05) is 24.2 Å². The number of hydrogen-bond acceptors (Lipinski definition) is 3. The van der Waals surface area contributed by atoms with Crippen LogP contribution in [-0.2, 0) is 6.54 Å². The minimum absolute atomic E-state index is 0.233. The Morgan fingerprint density at radius 2 is 2.18 bits per heavy atom. The van der Waals surface area contributed by atoms with E-state index in [-0.39, 0.29) is 12.1 Å². The lowest BCUT2D eigenvalue weighted by Crippen LogP contribution is -2.34. The maximum Gasteiger partial charge on any atom is 0.248 e. The third kappa shape index (κ3) is 4.50. The van der Waals surface area contributed by atoms with Gasteiger partial charge in [-0.1, -0.05) is 0 Å². The molecule has 94 valence electrons. The van der Waals surface area contributed by atoms with Crippen molar-refractivity contribution in [3.8, 4) is 0 Å². The predicted octanol–water partition coefficient (Wildman–Crippen LogP) is 0.785. The van der Waals surface area contributed by atoms with Crippen LogP contribution in [0.15, 0.2) is 18.2 Å². The van der Waals surface area contributed by atoms with Crippen molar-refractivity contribution in [2.24, 2.45) is 5.73 Å². The van der Waals surface area contributed by atoms with Gasteiger partial charge in [-0.25, -0.2) is 4.39 Å². The Kier molecular flexibility index (Phi) is 4.20. The zero-order chi connectivity index (χ0) is 13.1. The van der Waals surface area contributed by atoms with Gasteiger partial charge in [-0.3, -0.25) is 4.79 Å². The second-order valence-electron chi connectivity index (χ2n) is 4.59. The maximum absolute atomic E-state index is 13.4. The number of primary amides is 1. The molecule has 0 aliphatic rings. The molecular formula is C12H17FN2O2. The van der Waals surface area contributed by atoms with E-state index in [1.165, 1.54) is 18.2 Å². The molecular weight excluding hydrogens is 223 g/mol. The number of carbonyl (C=O) groups excluding carboxylic acids is 1. The largest absolute Gasteiger partial charge is 0.389 e. The fourth-order valence-corrected chi connectivity index (χ4v) is 1.37. The minimum atomic E-state index is -0.863. The van der Waals surface area contributed by atoms with Gasteiger partial charge < -0.3 is 16.2 Å². The first kappa shape index (κ1) is 13.6. The Morgan fingerprint density at radius 1 is 1.53 bits per heavy atom. The Labute approximate surface area is 99.6 Å². The summed E-state index contributed by atoms with van der Waals surface area (Å²) in [6.07, 6.45) is 0. The smallest absolute Gasteiger partial charge is 0.248 e. The van der Waals surface area contributed by atoms with Crippen LogP contribution in [0.1, 0.15) is 29.8 Å². The van der Waals surface area contributed by atoms with Gasteiger partial charge in [0.25, 0.3) is 0 Å². The highest BCUT2D eigenvalue weighted by molar-refractivity contribution is 5.92. The molecule has 0 heterocycles. The summed E-state index contributed by atoms with van der Waals surface area (Å²) in [6.45, 7) is 3.86. The van der Waals surface area contributed by atoms with Crippen molar-refractivity contribution in [2.45, 2.75) is 26.0 Å². The summed E-state index contributed by atoms with van der Waals surface area (Å²) in [5.41, 5.74) is 4.87. The fraction of sp³-hybridized carbons (Fsp3) is 0.417. The average Bonchev–Trinajstić information content (AvgIpc) is 2.18. The Morgan fingerprint density at radius 3 is 2.71 bits per heavy atom. The molecule has 0 aliphatic carbocycles. The van der Waals surface area contributed by atoms with Gasteiger partial charge in [0.1, 0.15) is 5.82 Å². The quantitative estimate of drug-likeness (QED) is 0.712. The summed E-state index contributed by atoms with van der Waals surface area (Å²) in [6, 6.07) is 3.97. The first-order valence-electron chi connectivity index (χ1n) is 5.31. The monoisotopic (exact) mass is 240 g/mol. The van der Waals surface area contributed by atoms with Gasteiger partial charge in [0.05, 0.1) is 5.60 Å². The normalized spacial score (nSPS) is 11.5. The lowest BCUT2D eigenvalue weighted by molar-refractivity contribution is 0.0793. The van der Waals surface area contributed by atoms with Crippen LogP contribution in [0.4, 0.5) is 4.39 Å². The van der Waals surface area contributed by atoms with Crippen molar-refractivity contribution in [2.75, 3.05) is 6.54 Å². The molecule has 0 unspecified atom stereocenters. The number of nitrogens with two attached hydrogens (primary N) is 1. The Bertz CT molecular complexity index is 413. The molecule has 4 nitrogen and oxygen atoms in total. The number of amides is 1. The van der Waals surface area contributed by atoms with Crippen LogP contribution in [0.2, 0.25) is 0 Å².